The van der Waals surface area contributed by atoms with Crippen LogP contribution in [0.3, 0.4) is 0 Å². The van der Waals surface area contributed by atoms with E-state index in [4.69, 9.17) is 26.3 Å². The van der Waals surface area contributed by atoms with E-state index in [2.05, 4.69) is 10.5 Å². The van der Waals surface area contributed by atoms with Crippen molar-refractivity contribution in [1.82, 2.24) is 10.2 Å². The van der Waals surface area contributed by atoms with E-state index in [0.29, 0.717) is 34.6 Å². The summed E-state index contributed by atoms with van der Waals surface area (Å²) in [6.07, 6.45) is 2.19. The van der Waals surface area contributed by atoms with Crippen molar-refractivity contribution in [3.05, 3.63) is 80.9 Å². The summed E-state index contributed by atoms with van der Waals surface area (Å²) in [6.45, 7) is 2.77. The van der Waals surface area contributed by atoms with Crippen LogP contribution in [-0.4, -0.2) is 41.5 Å². The Hall–Kier alpha value is -3.10. The number of thiophene rings is 1. The van der Waals surface area contributed by atoms with Gasteiger partial charge in [0.1, 0.15) is 11.6 Å². The number of carbonyl (C=O) groups is 1. The van der Waals surface area contributed by atoms with Gasteiger partial charge in [-0.15, -0.1) is 11.3 Å². The molecule has 2 aromatic heterocycles. The minimum atomic E-state index is -0.624. The average Bonchev–Trinajstić information content (AvgIpc) is 3.54. The molecular formula is C23H23ClN4O3S. The van der Waals surface area contributed by atoms with Crippen molar-refractivity contribution in [2.24, 2.45) is 5.16 Å². The predicted molar refractivity (Wildman–Crippen MR) is 126 cm³/mol. The lowest BCUT2D eigenvalue weighted by Gasteiger charge is -2.21. The Morgan fingerprint density at radius 2 is 2.06 bits per heavy atom. The number of oxime groups is 1. The molecule has 0 spiro atoms. The van der Waals surface area contributed by atoms with Gasteiger partial charge in [0, 0.05) is 19.0 Å². The molecule has 1 amide bonds. The van der Waals surface area contributed by atoms with Crippen molar-refractivity contribution in [1.29, 1.82) is 5.41 Å². The number of carbonyl (C=O) groups excluding carboxylic acids is 1. The zero-order chi connectivity index (χ0) is 22.7. The number of hydrogen-bond acceptors (Lipinski definition) is 6. The van der Waals surface area contributed by atoms with Crippen molar-refractivity contribution in [2.75, 3.05) is 13.6 Å². The molecule has 0 saturated carbocycles. The number of amidine groups is 1. The lowest BCUT2D eigenvalue weighted by atomic mass is 9.95. The van der Waals surface area contributed by atoms with Crippen molar-refractivity contribution in [3.63, 3.8) is 0 Å². The number of furan rings is 1. The van der Waals surface area contributed by atoms with Gasteiger partial charge in [0.05, 0.1) is 34.3 Å². The molecule has 1 aromatic carbocycles. The molecule has 166 valence electrons. The minimum absolute atomic E-state index is 0.179. The summed E-state index contributed by atoms with van der Waals surface area (Å²) in [6, 6.07) is 14.8. The minimum Gasteiger partial charge on any atom is -0.467 e. The fraction of sp³-hybridized carbons (Fsp3) is 0.261. The smallest absolute Gasteiger partial charge is 0.261 e. The first-order chi connectivity index (χ1) is 15.3. The largest absolute Gasteiger partial charge is 0.467 e. The molecule has 1 atom stereocenters. The van der Waals surface area contributed by atoms with E-state index < -0.39 is 5.60 Å². The summed E-state index contributed by atoms with van der Waals surface area (Å²) in [7, 11) is 1.86. The van der Waals surface area contributed by atoms with Crippen LogP contribution in [0, 0.1) is 5.41 Å². The molecular weight excluding hydrogens is 448 g/mol. The Bertz CT molecular complexity index is 1140. The Kier molecular flexibility index (Phi) is 6.34. The van der Waals surface area contributed by atoms with Crippen LogP contribution in [0.5, 0.6) is 0 Å². The molecule has 0 fully saturated rings. The molecule has 1 unspecified atom stereocenters. The number of hydrogen-bond donors (Lipinski definition) is 2. The molecule has 4 rings (SSSR count). The fourth-order valence-corrected chi connectivity index (χ4v) is 4.34. The van der Waals surface area contributed by atoms with Gasteiger partial charge in [0.15, 0.2) is 5.60 Å². The molecule has 32 heavy (non-hydrogen) atoms. The fourth-order valence-electron chi connectivity index (χ4n) is 3.38. The molecule has 1 aliphatic heterocycles. The lowest BCUT2D eigenvalue weighted by molar-refractivity contribution is -0.00178. The van der Waals surface area contributed by atoms with Crippen LogP contribution in [0.2, 0.25) is 4.34 Å². The van der Waals surface area contributed by atoms with Crippen LogP contribution in [0.15, 0.2) is 64.4 Å². The quantitative estimate of drug-likeness (QED) is 0.384. The molecule has 3 heterocycles. The molecule has 7 nitrogen and oxygen atoms in total. The van der Waals surface area contributed by atoms with Crippen LogP contribution < -0.4 is 5.32 Å². The number of benzene rings is 1. The van der Waals surface area contributed by atoms with Crippen LogP contribution in [0.1, 0.15) is 39.9 Å². The summed E-state index contributed by atoms with van der Waals surface area (Å²) in [4.78, 5) is 20.3. The normalized spacial score (nSPS) is 17.5. The van der Waals surface area contributed by atoms with E-state index in [-0.39, 0.29) is 5.91 Å². The van der Waals surface area contributed by atoms with Gasteiger partial charge in [0.2, 0.25) is 0 Å². The molecule has 9 heteroatoms. The Balaban J connectivity index is 1.33. The zero-order valence-corrected chi connectivity index (χ0v) is 19.3. The third-order valence-electron chi connectivity index (χ3n) is 5.18. The van der Waals surface area contributed by atoms with Crippen LogP contribution in [-0.2, 0) is 11.4 Å². The highest BCUT2D eigenvalue weighted by molar-refractivity contribution is 7.18. The van der Waals surface area contributed by atoms with E-state index in [1.807, 2.05) is 55.3 Å². The highest BCUT2D eigenvalue weighted by Crippen LogP contribution is 2.27. The van der Waals surface area contributed by atoms with Crippen molar-refractivity contribution < 1.29 is 14.0 Å². The summed E-state index contributed by atoms with van der Waals surface area (Å²) < 4.78 is 5.93. The maximum Gasteiger partial charge on any atom is 0.261 e. The maximum absolute atomic E-state index is 12.3. The van der Waals surface area contributed by atoms with E-state index >= 15 is 0 Å². The second-order valence-electron chi connectivity index (χ2n) is 7.90. The molecule has 2 N–H and O–H groups in total. The van der Waals surface area contributed by atoms with Crippen molar-refractivity contribution in [3.8, 4) is 0 Å². The summed E-state index contributed by atoms with van der Waals surface area (Å²) >= 11 is 7.14. The predicted octanol–water partition coefficient (Wildman–Crippen LogP) is 4.76. The van der Waals surface area contributed by atoms with Gasteiger partial charge < -0.3 is 19.5 Å². The van der Waals surface area contributed by atoms with Crippen LogP contribution in [0.25, 0.3) is 0 Å². The van der Waals surface area contributed by atoms with E-state index in [9.17, 15) is 4.79 Å². The van der Waals surface area contributed by atoms with E-state index in [1.54, 1.807) is 18.4 Å². The van der Waals surface area contributed by atoms with Crippen LogP contribution >= 0.6 is 22.9 Å². The first-order valence-corrected chi connectivity index (χ1v) is 11.2. The van der Waals surface area contributed by atoms with Gasteiger partial charge in [-0.3, -0.25) is 10.2 Å². The van der Waals surface area contributed by atoms with Crippen LogP contribution in [0.4, 0.5) is 0 Å². The molecule has 0 bridgehead atoms. The highest BCUT2D eigenvalue weighted by Gasteiger charge is 2.35. The Labute approximate surface area is 195 Å². The standard InChI is InChI=1S/C23H23ClN4O3S/c1-23(14-26-22(29)19-9-10-20(24)32-19)12-18(27-31-23)15-5-7-16(8-6-15)21(25)28(2)13-17-4-3-11-30-17/h3-11,25H,12-14H2,1-2H3,(H,26,29). The summed E-state index contributed by atoms with van der Waals surface area (Å²) in [5.41, 5.74) is 1.91. The topological polar surface area (TPSA) is 90.9 Å². The van der Waals surface area contributed by atoms with Crippen molar-refractivity contribution in [2.45, 2.75) is 25.5 Å². The SMILES string of the molecule is CN(Cc1ccco1)C(=N)c1ccc(C2=NOC(C)(CNC(=O)c3ccc(Cl)s3)C2)cc1. The second kappa shape index (κ2) is 9.18. The van der Waals surface area contributed by atoms with Gasteiger partial charge >= 0.3 is 0 Å². The number of rotatable bonds is 7. The monoisotopic (exact) mass is 470 g/mol. The van der Waals surface area contributed by atoms with E-state index in [1.165, 1.54) is 11.3 Å². The van der Waals surface area contributed by atoms with Gasteiger partial charge in [0.25, 0.3) is 5.91 Å². The molecule has 0 aliphatic carbocycles. The van der Waals surface area contributed by atoms with Gasteiger partial charge in [-0.2, -0.15) is 0 Å². The first-order valence-electron chi connectivity index (χ1n) is 10.0. The number of halogens is 1. The molecule has 0 radical (unpaired) electrons. The first kappa shape index (κ1) is 22.1. The van der Waals surface area contributed by atoms with Gasteiger partial charge in [-0.05, 0) is 36.8 Å². The number of nitrogens with zero attached hydrogens (tertiary/aromatic N) is 2. The highest BCUT2D eigenvalue weighted by atomic mass is 35.5. The molecule has 1 aliphatic rings. The lowest BCUT2D eigenvalue weighted by Crippen LogP contribution is -2.40. The van der Waals surface area contributed by atoms with Gasteiger partial charge in [-0.25, -0.2) is 0 Å². The van der Waals surface area contributed by atoms with E-state index in [0.717, 1.165) is 22.6 Å². The zero-order valence-electron chi connectivity index (χ0n) is 17.7. The third kappa shape index (κ3) is 5.03. The summed E-state index contributed by atoms with van der Waals surface area (Å²) in [5, 5.41) is 15.6. The average molecular weight is 471 g/mol. The summed E-state index contributed by atoms with van der Waals surface area (Å²) in [5.74, 6) is 1.03. The van der Waals surface area contributed by atoms with Crippen molar-refractivity contribution >= 4 is 40.4 Å². The maximum atomic E-state index is 12.3. The molecule has 3 aromatic rings. The Morgan fingerprint density at radius 1 is 1.28 bits per heavy atom. The number of nitrogens with one attached hydrogen (secondary N) is 2. The van der Waals surface area contributed by atoms with Gasteiger partial charge in [-0.1, -0.05) is 41.0 Å². The number of amides is 1. The third-order valence-corrected chi connectivity index (χ3v) is 6.41. The second-order valence-corrected chi connectivity index (χ2v) is 9.62. The Morgan fingerprint density at radius 3 is 2.72 bits per heavy atom. The molecule has 0 saturated heterocycles.